The Balaban J connectivity index is 1.70. The molecule has 0 bridgehead atoms. The number of benzene rings is 2. The van der Waals surface area contributed by atoms with Crippen molar-refractivity contribution in [2.75, 3.05) is 25.6 Å². The number of hydrogen-bond donors (Lipinski definition) is 2. The first-order chi connectivity index (χ1) is 12.5. The van der Waals surface area contributed by atoms with Crippen LogP contribution in [0.2, 0.25) is 0 Å². The predicted octanol–water partition coefficient (Wildman–Crippen LogP) is 2.50. The summed E-state index contributed by atoms with van der Waals surface area (Å²) in [6.07, 6.45) is -0.559. The molecule has 0 aromatic heterocycles. The van der Waals surface area contributed by atoms with Gasteiger partial charge in [-0.2, -0.15) is 0 Å². The van der Waals surface area contributed by atoms with Gasteiger partial charge in [0.25, 0.3) is 0 Å². The van der Waals surface area contributed by atoms with Gasteiger partial charge in [-0.25, -0.2) is 8.78 Å². The maximum atomic E-state index is 13.4. The molecule has 2 aromatic rings. The van der Waals surface area contributed by atoms with E-state index in [1.54, 1.807) is 31.4 Å². The monoisotopic (exact) mass is 364 g/mol. The Hall–Kier alpha value is -3.16. The molecule has 6 nitrogen and oxygen atoms in total. The lowest BCUT2D eigenvalue weighted by atomic mass is 10.2. The molecule has 0 saturated heterocycles. The Morgan fingerprint density at radius 3 is 2.19 bits per heavy atom. The largest absolute Gasteiger partial charge is 0.497 e. The van der Waals surface area contributed by atoms with Gasteiger partial charge >= 0.3 is 0 Å². The molecule has 0 aliphatic carbocycles. The summed E-state index contributed by atoms with van der Waals surface area (Å²) in [6, 6.07) is 10.1. The highest BCUT2D eigenvalue weighted by Crippen LogP contribution is 2.18. The van der Waals surface area contributed by atoms with E-state index >= 15 is 0 Å². The molecule has 0 aliphatic rings. The molecule has 2 aromatic carbocycles. The number of halogens is 2. The van der Waals surface area contributed by atoms with Crippen molar-refractivity contribution in [3.8, 4) is 11.5 Å². The first kappa shape index (κ1) is 19.2. The highest BCUT2D eigenvalue weighted by atomic mass is 19.1. The number of hydrogen-bond acceptors (Lipinski definition) is 4. The molecule has 26 heavy (non-hydrogen) atoms. The third kappa shape index (κ3) is 5.73. The molecule has 0 spiro atoms. The highest BCUT2D eigenvalue weighted by Gasteiger charge is 2.14. The maximum Gasteiger partial charge on any atom is 0.233 e. The molecular formula is C18H18F2N2O4. The Kier molecular flexibility index (Phi) is 6.90. The minimum Gasteiger partial charge on any atom is -0.497 e. The van der Waals surface area contributed by atoms with Crippen LogP contribution in [-0.4, -0.2) is 32.1 Å². The lowest BCUT2D eigenvalue weighted by molar-refractivity contribution is -0.126. The van der Waals surface area contributed by atoms with E-state index in [1.807, 2.05) is 5.32 Å². The summed E-state index contributed by atoms with van der Waals surface area (Å²) in [4.78, 5) is 23.4. The highest BCUT2D eigenvalue weighted by molar-refractivity contribution is 6.03. The van der Waals surface area contributed by atoms with Crippen LogP contribution in [-0.2, 0) is 9.59 Å². The summed E-state index contributed by atoms with van der Waals surface area (Å²) >= 11 is 0. The van der Waals surface area contributed by atoms with Crippen LogP contribution in [0.5, 0.6) is 11.5 Å². The first-order valence-corrected chi connectivity index (χ1v) is 7.77. The van der Waals surface area contributed by atoms with Crippen molar-refractivity contribution in [2.24, 2.45) is 0 Å². The van der Waals surface area contributed by atoms with Gasteiger partial charge in [0.2, 0.25) is 11.8 Å². The van der Waals surface area contributed by atoms with E-state index in [2.05, 4.69) is 5.32 Å². The molecule has 0 unspecified atom stereocenters. The van der Waals surface area contributed by atoms with Gasteiger partial charge in [-0.05, 0) is 36.4 Å². The minimum absolute atomic E-state index is 0.173. The van der Waals surface area contributed by atoms with E-state index in [0.29, 0.717) is 11.5 Å². The van der Waals surface area contributed by atoms with Crippen molar-refractivity contribution in [3.05, 3.63) is 54.1 Å². The van der Waals surface area contributed by atoms with Gasteiger partial charge in [-0.1, -0.05) is 6.07 Å². The quantitative estimate of drug-likeness (QED) is 0.557. The van der Waals surface area contributed by atoms with Crippen LogP contribution in [0.25, 0.3) is 0 Å². The van der Waals surface area contributed by atoms with E-state index in [9.17, 15) is 18.4 Å². The second-order valence-electron chi connectivity index (χ2n) is 5.20. The van der Waals surface area contributed by atoms with Crippen molar-refractivity contribution in [2.45, 2.75) is 6.42 Å². The predicted molar refractivity (Wildman–Crippen MR) is 91.1 cm³/mol. The average Bonchev–Trinajstić information content (AvgIpc) is 2.62. The van der Waals surface area contributed by atoms with Gasteiger partial charge < -0.3 is 20.1 Å². The fourth-order valence-electron chi connectivity index (χ4n) is 2.04. The van der Waals surface area contributed by atoms with Crippen LogP contribution in [0, 0.1) is 11.6 Å². The van der Waals surface area contributed by atoms with Crippen LogP contribution in [0.3, 0.4) is 0 Å². The summed E-state index contributed by atoms with van der Waals surface area (Å²) < 4.78 is 37.3. The fraction of sp³-hybridized carbons (Fsp3) is 0.222. The molecule has 0 radical (unpaired) electrons. The Morgan fingerprint density at radius 1 is 0.962 bits per heavy atom. The number of carbonyl (C=O) groups excluding carboxylic acids is 2. The standard InChI is InChI=1S/C18H18F2N2O4/c1-25-12-5-7-13(8-6-12)26-10-9-21-16(23)11-17(24)22-18-14(19)3-2-4-15(18)20/h2-8H,9-11H2,1H3,(H,21,23)(H,22,24). The van der Waals surface area contributed by atoms with Gasteiger partial charge in [0.15, 0.2) is 0 Å². The van der Waals surface area contributed by atoms with Gasteiger partial charge in [0, 0.05) is 0 Å². The molecule has 0 atom stereocenters. The number of amides is 2. The van der Waals surface area contributed by atoms with Crippen LogP contribution in [0.15, 0.2) is 42.5 Å². The van der Waals surface area contributed by atoms with Crippen molar-refractivity contribution in [3.63, 3.8) is 0 Å². The summed E-state index contributed by atoms with van der Waals surface area (Å²) in [5.74, 6) is -1.92. The second kappa shape index (κ2) is 9.36. The van der Waals surface area contributed by atoms with Crippen molar-refractivity contribution < 1.29 is 27.8 Å². The van der Waals surface area contributed by atoms with Crippen LogP contribution in [0.4, 0.5) is 14.5 Å². The zero-order valence-corrected chi connectivity index (χ0v) is 14.1. The van der Waals surface area contributed by atoms with E-state index in [0.717, 1.165) is 12.1 Å². The molecule has 2 N–H and O–H groups in total. The van der Waals surface area contributed by atoms with Crippen molar-refractivity contribution in [1.29, 1.82) is 0 Å². The smallest absolute Gasteiger partial charge is 0.233 e. The molecule has 0 heterocycles. The zero-order chi connectivity index (χ0) is 18.9. The van der Waals surface area contributed by atoms with Crippen molar-refractivity contribution in [1.82, 2.24) is 5.32 Å². The van der Waals surface area contributed by atoms with Crippen LogP contribution >= 0.6 is 0 Å². The lowest BCUT2D eigenvalue weighted by Gasteiger charge is -2.09. The molecular weight excluding hydrogens is 346 g/mol. The Labute approximate surface area is 149 Å². The van der Waals surface area contributed by atoms with Crippen LogP contribution < -0.4 is 20.1 Å². The van der Waals surface area contributed by atoms with Gasteiger partial charge in [-0.15, -0.1) is 0 Å². The fourth-order valence-corrected chi connectivity index (χ4v) is 2.04. The topological polar surface area (TPSA) is 76.7 Å². The van der Waals surface area contributed by atoms with E-state index < -0.39 is 35.6 Å². The number of para-hydroxylation sites is 1. The SMILES string of the molecule is COc1ccc(OCCNC(=O)CC(=O)Nc2c(F)cccc2F)cc1. The van der Waals surface area contributed by atoms with Gasteiger partial charge in [-0.3, -0.25) is 9.59 Å². The number of anilines is 1. The molecule has 0 saturated carbocycles. The minimum atomic E-state index is -0.911. The lowest BCUT2D eigenvalue weighted by Crippen LogP contribution is -2.31. The first-order valence-electron chi connectivity index (χ1n) is 7.77. The second-order valence-corrected chi connectivity index (χ2v) is 5.20. The third-order valence-corrected chi connectivity index (χ3v) is 3.30. The summed E-state index contributed by atoms with van der Waals surface area (Å²) in [6.45, 7) is 0.369. The zero-order valence-electron chi connectivity index (χ0n) is 14.1. The summed E-state index contributed by atoms with van der Waals surface area (Å²) in [5, 5.41) is 4.53. The van der Waals surface area contributed by atoms with Crippen LogP contribution in [0.1, 0.15) is 6.42 Å². The number of nitrogens with one attached hydrogen (secondary N) is 2. The van der Waals surface area contributed by atoms with E-state index in [1.165, 1.54) is 6.07 Å². The molecule has 2 amide bonds. The molecule has 8 heteroatoms. The third-order valence-electron chi connectivity index (χ3n) is 3.30. The molecule has 2 rings (SSSR count). The average molecular weight is 364 g/mol. The molecule has 0 aliphatic heterocycles. The normalized spacial score (nSPS) is 10.1. The van der Waals surface area contributed by atoms with Gasteiger partial charge in [0.1, 0.15) is 41.8 Å². The van der Waals surface area contributed by atoms with Crippen molar-refractivity contribution >= 4 is 17.5 Å². The Morgan fingerprint density at radius 2 is 1.58 bits per heavy atom. The van der Waals surface area contributed by atoms with Gasteiger partial charge in [0.05, 0.1) is 13.7 Å². The molecule has 0 fully saturated rings. The number of carbonyl (C=O) groups is 2. The maximum absolute atomic E-state index is 13.4. The summed E-state index contributed by atoms with van der Waals surface area (Å²) in [7, 11) is 1.56. The number of rotatable bonds is 8. The number of methoxy groups -OCH3 is 1. The van der Waals surface area contributed by atoms with E-state index in [-0.39, 0.29) is 13.2 Å². The van der Waals surface area contributed by atoms with E-state index in [4.69, 9.17) is 9.47 Å². The molecule has 138 valence electrons. The Bertz CT molecular complexity index is 746. The number of ether oxygens (including phenoxy) is 2. The summed E-state index contributed by atoms with van der Waals surface area (Å²) in [5.41, 5.74) is -0.576.